The molecule has 1 aliphatic rings. The molecule has 1 fully saturated rings. The first kappa shape index (κ1) is 11.2. The number of benzene rings is 1. The molecule has 1 aliphatic carbocycles. The zero-order chi connectivity index (χ0) is 12.3. The molecule has 0 radical (unpaired) electrons. The summed E-state index contributed by atoms with van der Waals surface area (Å²) in [6.07, 6.45) is 7.51. The van der Waals surface area contributed by atoms with Crippen LogP contribution in [0.15, 0.2) is 24.3 Å². The first-order valence-electron chi connectivity index (χ1n) is 5.49. The van der Waals surface area contributed by atoms with E-state index < -0.39 is 5.41 Å². The van der Waals surface area contributed by atoms with E-state index in [1.165, 1.54) is 0 Å². The van der Waals surface area contributed by atoms with Gasteiger partial charge in [0, 0.05) is 11.3 Å². The van der Waals surface area contributed by atoms with E-state index in [1.54, 1.807) is 24.3 Å². The highest BCUT2D eigenvalue weighted by molar-refractivity contribution is 5.97. The third-order valence-corrected chi connectivity index (χ3v) is 3.14. The normalized spacial score (nSPS) is 16.1. The summed E-state index contributed by atoms with van der Waals surface area (Å²) in [5, 5.41) is 11.8. The summed E-state index contributed by atoms with van der Waals surface area (Å²) in [6.45, 7) is 0. The average Bonchev–Trinajstić information content (AvgIpc) is 2.28. The molecule has 1 amide bonds. The van der Waals surface area contributed by atoms with Crippen LogP contribution in [0.4, 0.5) is 5.69 Å². The minimum Gasteiger partial charge on any atom is -0.325 e. The number of terminal acetylenes is 1. The summed E-state index contributed by atoms with van der Waals surface area (Å²) >= 11 is 0. The molecule has 1 aromatic rings. The molecule has 3 nitrogen and oxygen atoms in total. The quantitative estimate of drug-likeness (QED) is 0.784. The maximum absolute atomic E-state index is 12.0. The molecule has 0 aliphatic heterocycles. The van der Waals surface area contributed by atoms with Gasteiger partial charge in [-0.05, 0) is 37.5 Å². The largest absolute Gasteiger partial charge is 0.325 e. The van der Waals surface area contributed by atoms with Crippen molar-refractivity contribution in [3.63, 3.8) is 0 Å². The van der Waals surface area contributed by atoms with Gasteiger partial charge in [-0.1, -0.05) is 12.0 Å². The molecule has 0 aromatic heterocycles. The molecule has 84 valence electrons. The fourth-order valence-electron chi connectivity index (χ4n) is 1.86. The smallest absolute Gasteiger partial charge is 0.244 e. The highest BCUT2D eigenvalue weighted by atomic mass is 16.2. The lowest BCUT2D eigenvalue weighted by Crippen LogP contribution is -2.40. The lowest BCUT2D eigenvalue weighted by atomic mass is 9.69. The first-order chi connectivity index (χ1) is 8.20. The van der Waals surface area contributed by atoms with Gasteiger partial charge in [0.05, 0.1) is 6.07 Å². The Morgan fingerprint density at radius 1 is 1.47 bits per heavy atom. The number of nitrogens with one attached hydrogen (secondary N) is 1. The van der Waals surface area contributed by atoms with Crippen LogP contribution in [0.2, 0.25) is 0 Å². The van der Waals surface area contributed by atoms with Gasteiger partial charge in [0.25, 0.3) is 0 Å². The van der Waals surface area contributed by atoms with Crippen molar-refractivity contribution >= 4 is 11.6 Å². The number of anilines is 1. The van der Waals surface area contributed by atoms with Gasteiger partial charge < -0.3 is 5.32 Å². The highest BCUT2D eigenvalue weighted by Crippen LogP contribution is 2.41. The first-order valence-corrected chi connectivity index (χ1v) is 5.49. The van der Waals surface area contributed by atoms with Gasteiger partial charge in [-0.25, -0.2) is 0 Å². The van der Waals surface area contributed by atoms with E-state index in [1.807, 2.05) is 0 Å². The van der Waals surface area contributed by atoms with E-state index in [0.29, 0.717) is 24.1 Å². The molecule has 0 saturated heterocycles. The van der Waals surface area contributed by atoms with Crippen molar-refractivity contribution < 1.29 is 4.79 Å². The van der Waals surface area contributed by atoms with Crippen molar-refractivity contribution in [3.8, 4) is 18.4 Å². The van der Waals surface area contributed by atoms with Gasteiger partial charge in [-0.15, -0.1) is 6.42 Å². The number of rotatable bonds is 2. The van der Waals surface area contributed by atoms with Crippen molar-refractivity contribution in [1.29, 1.82) is 5.26 Å². The Hall–Kier alpha value is -2.26. The topological polar surface area (TPSA) is 52.9 Å². The molecule has 1 saturated carbocycles. The third kappa shape index (κ3) is 2.00. The number of hydrogen-bond donors (Lipinski definition) is 1. The second-order valence-electron chi connectivity index (χ2n) is 4.23. The summed E-state index contributed by atoms with van der Waals surface area (Å²) in [5.74, 6) is 2.28. The number of amides is 1. The van der Waals surface area contributed by atoms with Crippen molar-refractivity contribution in [2.45, 2.75) is 19.3 Å². The maximum atomic E-state index is 12.0. The Kier molecular flexibility index (Phi) is 2.85. The monoisotopic (exact) mass is 224 g/mol. The number of carbonyl (C=O) groups excluding carboxylic acids is 1. The Balaban J connectivity index is 2.14. The Labute approximate surface area is 100 Å². The van der Waals surface area contributed by atoms with Gasteiger partial charge in [0.2, 0.25) is 5.91 Å². The molecule has 17 heavy (non-hydrogen) atoms. The minimum atomic E-state index is -0.827. The highest BCUT2D eigenvalue weighted by Gasteiger charge is 2.44. The predicted molar refractivity (Wildman–Crippen MR) is 64.9 cm³/mol. The van der Waals surface area contributed by atoms with Gasteiger partial charge in [0.1, 0.15) is 5.41 Å². The lowest BCUT2D eigenvalue weighted by Gasteiger charge is -2.33. The number of carbonyl (C=O) groups is 1. The molecule has 0 unspecified atom stereocenters. The molecule has 0 bridgehead atoms. The van der Waals surface area contributed by atoms with Crippen LogP contribution in [-0.4, -0.2) is 5.91 Å². The fraction of sp³-hybridized carbons (Fsp3) is 0.286. The van der Waals surface area contributed by atoms with Crippen LogP contribution in [-0.2, 0) is 4.79 Å². The summed E-state index contributed by atoms with van der Waals surface area (Å²) < 4.78 is 0. The van der Waals surface area contributed by atoms with Gasteiger partial charge in [0.15, 0.2) is 0 Å². The summed E-state index contributed by atoms with van der Waals surface area (Å²) in [7, 11) is 0. The van der Waals surface area contributed by atoms with Crippen molar-refractivity contribution in [2.75, 3.05) is 5.32 Å². The number of hydrogen-bond acceptors (Lipinski definition) is 2. The van der Waals surface area contributed by atoms with Crippen molar-refractivity contribution in [3.05, 3.63) is 29.8 Å². The summed E-state index contributed by atoms with van der Waals surface area (Å²) in [5.41, 5.74) is 0.529. The van der Waals surface area contributed by atoms with E-state index >= 15 is 0 Å². The van der Waals surface area contributed by atoms with Gasteiger partial charge >= 0.3 is 0 Å². The fourth-order valence-corrected chi connectivity index (χ4v) is 1.86. The number of nitriles is 1. The maximum Gasteiger partial charge on any atom is 0.244 e. The lowest BCUT2D eigenvalue weighted by molar-refractivity contribution is -0.126. The van der Waals surface area contributed by atoms with E-state index in [2.05, 4.69) is 17.3 Å². The Bertz CT molecular complexity index is 530. The molecule has 0 heterocycles. The minimum absolute atomic E-state index is 0.222. The SMILES string of the molecule is C#Cc1cccc(NC(=O)C2(C#N)CCC2)c1. The van der Waals surface area contributed by atoms with Gasteiger partial charge in [-0.2, -0.15) is 5.26 Å². The third-order valence-electron chi connectivity index (χ3n) is 3.14. The predicted octanol–water partition coefficient (Wildman–Crippen LogP) is 2.30. The molecule has 0 spiro atoms. The molecular formula is C14H12N2O. The molecule has 2 rings (SSSR count). The van der Waals surface area contributed by atoms with E-state index in [4.69, 9.17) is 11.7 Å². The van der Waals surface area contributed by atoms with Crippen molar-refractivity contribution in [1.82, 2.24) is 0 Å². The van der Waals surface area contributed by atoms with Crippen LogP contribution >= 0.6 is 0 Å². The van der Waals surface area contributed by atoms with Crippen LogP contribution in [0.3, 0.4) is 0 Å². The molecule has 1 N–H and O–H groups in total. The van der Waals surface area contributed by atoms with Crippen LogP contribution in [0, 0.1) is 29.1 Å². The van der Waals surface area contributed by atoms with E-state index in [0.717, 1.165) is 6.42 Å². The molecular weight excluding hydrogens is 212 g/mol. The molecule has 0 atom stereocenters. The van der Waals surface area contributed by atoms with E-state index in [-0.39, 0.29) is 5.91 Å². The second-order valence-corrected chi connectivity index (χ2v) is 4.23. The number of nitrogens with zero attached hydrogens (tertiary/aromatic N) is 1. The van der Waals surface area contributed by atoms with Crippen molar-refractivity contribution in [2.24, 2.45) is 5.41 Å². The second kappa shape index (κ2) is 4.31. The Morgan fingerprint density at radius 3 is 2.76 bits per heavy atom. The van der Waals surface area contributed by atoms with Crippen LogP contribution in [0.1, 0.15) is 24.8 Å². The van der Waals surface area contributed by atoms with Crippen LogP contribution in [0.25, 0.3) is 0 Å². The van der Waals surface area contributed by atoms with Gasteiger partial charge in [-0.3, -0.25) is 4.79 Å². The summed E-state index contributed by atoms with van der Waals surface area (Å²) in [6, 6.07) is 9.17. The zero-order valence-electron chi connectivity index (χ0n) is 9.36. The standard InChI is InChI=1S/C14H12N2O/c1-2-11-5-3-6-12(9-11)16-13(17)14(10-15)7-4-8-14/h1,3,5-6,9H,4,7-8H2,(H,16,17). The van der Waals surface area contributed by atoms with Crippen LogP contribution < -0.4 is 5.32 Å². The molecule has 3 heteroatoms. The average molecular weight is 224 g/mol. The van der Waals surface area contributed by atoms with E-state index in [9.17, 15) is 4.79 Å². The van der Waals surface area contributed by atoms with Crippen LogP contribution in [0.5, 0.6) is 0 Å². The summed E-state index contributed by atoms with van der Waals surface area (Å²) in [4.78, 5) is 12.0. The zero-order valence-corrected chi connectivity index (χ0v) is 9.36. The molecule has 1 aromatic carbocycles. The Morgan fingerprint density at radius 2 is 2.24 bits per heavy atom.